The van der Waals surface area contributed by atoms with Gasteiger partial charge in [-0.05, 0) is 55.2 Å². The summed E-state index contributed by atoms with van der Waals surface area (Å²) in [6, 6.07) is 8.66. The molecule has 3 heterocycles. The van der Waals surface area contributed by atoms with E-state index in [0.29, 0.717) is 22.2 Å². The van der Waals surface area contributed by atoms with Crippen LogP contribution >= 0.6 is 0 Å². The molecule has 0 fully saturated rings. The Hall–Kier alpha value is -2.68. The highest BCUT2D eigenvalue weighted by Crippen LogP contribution is 2.37. The first-order valence-electron chi connectivity index (χ1n) is 14.2. The van der Waals surface area contributed by atoms with E-state index >= 15 is 0 Å². The Balaban J connectivity index is 2.06. The zero-order valence-corrected chi connectivity index (χ0v) is 17.3. The van der Waals surface area contributed by atoms with Crippen molar-refractivity contribution in [2.45, 2.75) is 53.7 Å². The number of aromatic nitrogens is 2. The van der Waals surface area contributed by atoms with Crippen LogP contribution in [0.4, 0.5) is 0 Å². The lowest BCUT2D eigenvalue weighted by atomic mass is 9.94. The van der Waals surface area contributed by atoms with E-state index in [1.807, 2.05) is 19.1 Å². The zero-order chi connectivity index (χ0) is 28.6. The van der Waals surface area contributed by atoms with Crippen LogP contribution in [0.15, 0.2) is 40.9 Å². The van der Waals surface area contributed by atoms with Crippen LogP contribution in [0.3, 0.4) is 0 Å². The Labute approximate surface area is 186 Å². The molecule has 0 aliphatic heterocycles. The molecule has 29 heavy (non-hydrogen) atoms. The van der Waals surface area contributed by atoms with Crippen LogP contribution in [0.25, 0.3) is 33.3 Å². The molecule has 0 saturated carbocycles. The summed E-state index contributed by atoms with van der Waals surface area (Å²) in [5.41, 5.74) is 2.56. The maximum atomic E-state index is 8.70. The SMILES string of the molecule is [2H]C([2H])([2H])c1c[n+](C)c(-c2c(C)ccc3c2oc2nc(C([2H])([2H])C(C)C)ccc23)cc1C([2H])(C)C([2H])([2H])[2H]. The van der Waals surface area contributed by atoms with Crippen molar-refractivity contribution in [3.63, 3.8) is 0 Å². The van der Waals surface area contributed by atoms with E-state index in [1.54, 1.807) is 37.6 Å². The third kappa shape index (κ3) is 3.43. The minimum absolute atomic E-state index is 0.108. The van der Waals surface area contributed by atoms with Gasteiger partial charge in [-0.1, -0.05) is 39.8 Å². The molecule has 1 atom stereocenters. The number of furan rings is 1. The summed E-state index contributed by atoms with van der Waals surface area (Å²) in [4.78, 5) is 4.50. The molecule has 0 N–H and O–H groups in total. The number of pyridine rings is 2. The molecule has 0 aliphatic rings. The maximum Gasteiger partial charge on any atom is 0.227 e. The van der Waals surface area contributed by atoms with Gasteiger partial charge in [-0.25, -0.2) is 9.55 Å². The zero-order valence-electron chi connectivity index (χ0n) is 26.3. The molecule has 4 aromatic rings. The lowest BCUT2D eigenvalue weighted by molar-refractivity contribution is -0.660. The van der Waals surface area contributed by atoms with Gasteiger partial charge >= 0.3 is 0 Å². The van der Waals surface area contributed by atoms with Crippen molar-refractivity contribution in [2.75, 3.05) is 0 Å². The maximum absolute atomic E-state index is 8.70. The fraction of sp³-hybridized carbons (Fsp3) is 0.385. The lowest BCUT2D eigenvalue weighted by Crippen LogP contribution is -2.32. The van der Waals surface area contributed by atoms with Gasteiger partial charge < -0.3 is 4.42 Å². The molecule has 0 spiro atoms. The average molecular weight is 397 g/mol. The Kier molecular flexibility index (Phi) is 2.89. The molecule has 0 radical (unpaired) electrons. The summed E-state index contributed by atoms with van der Waals surface area (Å²) in [5.74, 6) is -2.49. The predicted molar refractivity (Wildman–Crippen MR) is 120 cm³/mol. The number of hydrogen-bond donors (Lipinski definition) is 0. The van der Waals surface area contributed by atoms with Gasteiger partial charge in [-0.2, -0.15) is 0 Å². The first kappa shape index (κ1) is 11.5. The van der Waals surface area contributed by atoms with E-state index in [4.69, 9.17) is 16.8 Å². The Morgan fingerprint density at radius 3 is 2.69 bits per heavy atom. The van der Waals surface area contributed by atoms with Crippen molar-refractivity contribution in [3.05, 3.63) is 58.9 Å². The third-order valence-electron chi connectivity index (χ3n) is 5.09. The second-order valence-corrected chi connectivity index (χ2v) is 7.81. The number of nitrogens with zero attached hydrogens (tertiary/aromatic N) is 2. The second kappa shape index (κ2) is 7.29. The first-order chi connectivity index (χ1) is 17.3. The third-order valence-corrected chi connectivity index (χ3v) is 5.09. The van der Waals surface area contributed by atoms with Crippen molar-refractivity contribution in [1.29, 1.82) is 0 Å². The van der Waals surface area contributed by atoms with Crippen LogP contribution in [-0.2, 0) is 13.4 Å². The van der Waals surface area contributed by atoms with Gasteiger partial charge in [0.05, 0.1) is 5.56 Å². The van der Waals surface area contributed by atoms with Gasteiger partial charge in [0, 0.05) is 40.4 Å². The summed E-state index contributed by atoms with van der Waals surface area (Å²) < 4.78 is 81.2. The molecule has 0 bridgehead atoms. The molecule has 1 unspecified atom stereocenters. The number of rotatable bonds is 4. The van der Waals surface area contributed by atoms with E-state index in [0.717, 1.165) is 10.9 Å². The summed E-state index contributed by atoms with van der Waals surface area (Å²) in [6.45, 7) is 1.23. The molecular formula is C26H31N2O+. The topological polar surface area (TPSA) is 29.9 Å². The van der Waals surface area contributed by atoms with Crippen LogP contribution in [0.2, 0.25) is 0 Å². The minimum Gasteiger partial charge on any atom is -0.437 e. The Bertz CT molecular complexity index is 1550. The van der Waals surface area contributed by atoms with Crippen molar-refractivity contribution in [3.8, 4) is 11.3 Å². The highest BCUT2D eigenvalue weighted by molar-refractivity contribution is 6.08. The molecule has 4 rings (SSSR count). The standard InChI is InChI=1S/C26H31N2O/c1-15(2)12-19-9-11-21-20-10-8-17(5)24(25(20)29-26(21)27-19)23-13-22(16(3)4)18(6)14-28(23)7/h8-11,13-16H,12H2,1-7H3/q+1/i3D3,6D3,12D2,16D. The average Bonchev–Trinajstić information content (AvgIpc) is 3.15. The van der Waals surface area contributed by atoms with Crippen molar-refractivity contribution in [2.24, 2.45) is 13.0 Å². The molecule has 0 saturated heterocycles. The molecule has 3 nitrogen and oxygen atoms in total. The molecule has 1 aromatic carbocycles. The van der Waals surface area contributed by atoms with E-state index in [-0.39, 0.29) is 28.5 Å². The van der Waals surface area contributed by atoms with Crippen LogP contribution in [0.1, 0.15) is 68.2 Å². The number of hydrogen-bond acceptors (Lipinski definition) is 2. The highest BCUT2D eigenvalue weighted by Gasteiger charge is 2.23. The van der Waals surface area contributed by atoms with Crippen LogP contribution in [-0.4, -0.2) is 4.98 Å². The van der Waals surface area contributed by atoms with Gasteiger partial charge in [0.15, 0.2) is 11.8 Å². The molecule has 0 amide bonds. The molecular weight excluding hydrogens is 356 g/mol. The largest absolute Gasteiger partial charge is 0.437 e. The van der Waals surface area contributed by atoms with Crippen molar-refractivity contribution < 1.29 is 21.3 Å². The smallest absolute Gasteiger partial charge is 0.227 e. The van der Waals surface area contributed by atoms with E-state index in [2.05, 4.69) is 4.98 Å². The highest BCUT2D eigenvalue weighted by atomic mass is 16.3. The predicted octanol–water partition coefficient (Wildman–Crippen LogP) is 6.41. The second-order valence-electron chi connectivity index (χ2n) is 7.81. The van der Waals surface area contributed by atoms with E-state index in [1.165, 1.54) is 19.2 Å². The van der Waals surface area contributed by atoms with Crippen molar-refractivity contribution in [1.82, 2.24) is 4.98 Å². The fourth-order valence-corrected chi connectivity index (χ4v) is 3.72. The fourth-order valence-electron chi connectivity index (χ4n) is 3.72. The minimum atomic E-state index is -2.78. The summed E-state index contributed by atoms with van der Waals surface area (Å²) in [5, 5.41) is 1.43. The monoisotopic (exact) mass is 396 g/mol. The van der Waals surface area contributed by atoms with E-state index in [9.17, 15) is 0 Å². The number of benzene rings is 1. The van der Waals surface area contributed by atoms with Gasteiger partial charge in [-0.3, -0.25) is 0 Å². The van der Waals surface area contributed by atoms with Gasteiger partial charge in [0.25, 0.3) is 0 Å². The van der Waals surface area contributed by atoms with Crippen LogP contribution in [0, 0.1) is 19.7 Å². The van der Waals surface area contributed by atoms with Crippen LogP contribution in [0.5, 0.6) is 0 Å². The van der Waals surface area contributed by atoms with E-state index < -0.39 is 26.0 Å². The first-order valence-corrected chi connectivity index (χ1v) is 9.67. The summed E-state index contributed by atoms with van der Waals surface area (Å²) >= 11 is 0. The Morgan fingerprint density at radius 1 is 1.17 bits per heavy atom. The number of aryl methyl sites for hydroxylation is 3. The van der Waals surface area contributed by atoms with Gasteiger partial charge in [0.1, 0.15) is 7.05 Å². The summed E-state index contributed by atoms with van der Waals surface area (Å²) in [6.07, 6.45) is -0.295. The normalized spacial score (nSPS) is 20.0. The Morgan fingerprint density at radius 2 is 1.97 bits per heavy atom. The van der Waals surface area contributed by atoms with Crippen molar-refractivity contribution >= 4 is 22.1 Å². The molecule has 3 aromatic heterocycles. The summed E-state index contributed by atoms with van der Waals surface area (Å²) in [7, 11) is 1.67. The molecule has 150 valence electrons. The molecule has 0 aliphatic carbocycles. The number of fused-ring (bicyclic) bond motifs is 3. The quantitative estimate of drug-likeness (QED) is 0.373. The van der Waals surface area contributed by atoms with Gasteiger partial charge in [0.2, 0.25) is 11.4 Å². The van der Waals surface area contributed by atoms with Crippen LogP contribution < -0.4 is 4.57 Å². The molecule has 3 heteroatoms. The lowest BCUT2D eigenvalue weighted by Gasteiger charge is -2.12. The van der Waals surface area contributed by atoms with Gasteiger partial charge in [-0.15, -0.1) is 0 Å².